The molecular formula is C20H21N3O3. The van der Waals surface area contributed by atoms with Gasteiger partial charge in [-0.1, -0.05) is 18.2 Å². The molecule has 4 rings (SSSR count). The number of rotatable bonds is 4. The number of hydrogen-bond acceptors (Lipinski definition) is 5. The van der Waals surface area contributed by atoms with E-state index >= 15 is 0 Å². The van der Waals surface area contributed by atoms with E-state index < -0.39 is 6.10 Å². The van der Waals surface area contributed by atoms with Crippen molar-refractivity contribution in [2.45, 2.75) is 31.8 Å². The molecule has 1 amide bonds. The van der Waals surface area contributed by atoms with E-state index in [2.05, 4.69) is 15.2 Å². The van der Waals surface area contributed by atoms with E-state index in [4.69, 9.17) is 4.74 Å². The second-order valence-electron chi connectivity index (χ2n) is 6.69. The Balaban J connectivity index is 1.37. The number of fused-ring (bicyclic) bond motifs is 1. The molecular weight excluding hydrogens is 330 g/mol. The topological polar surface area (TPSA) is 71.5 Å². The van der Waals surface area contributed by atoms with Gasteiger partial charge in [-0.2, -0.15) is 0 Å². The molecule has 0 radical (unpaired) electrons. The SMILES string of the molecule is O=C(C[C@@H]1OC(=O)c2ccccc21)Nc1ccc(N2CCCCC2)nc1. The van der Waals surface area contributed by atoms with Crippen molar-refractivity contribution >= 4 is 23.4 Å². The van der Waals surface area contributed by atoms with Crippen LogP contribution in [0.25, 0.3) is 0 Å². The van der Waals surface area contributed by atoms with Gasteiger partial charge in [-0.05, 0) is 37.5 Å². The summed E-state index contributed by atoms with van der Waals surface area (Å²) in [5.41, 5.74) is 1.96. The summed E-state index contributed by atoms with van der Waals surface area (Å²) >= 11 is 0. The van der Waals surface area contributed by atoms with Gasteiger partial charge in [0.2, 0.25) is 5.91 Å². The molecule has 1 saturated heterocycles. The first-order chi connectivity index (χ1) is 12.7. The number of nitrogens with one attached hydrogen (secondary N) is 1. The van der Waals surface area contributed by atoms with Gasteiger partial charge < -0.3 is 15.0 Å². The summed E-state index contributed by atoms with van der Waals surface area (Å²) < 4.78 is 5.32. The van der Waals surface area contributed by atoms with Crippen LogP contribution in [0.15, 0.2) is 42.6 Å². The minimum Gasteiger partial charge on any atom is -0.453 e. The number of hydrogen-bond donors (Lipinski definition) is 1. The van der Waals surface area contributed by atoms with E-state index in [0.29, 0.717) is 11.3 Å². The third-order valence-corrected chi connectivity index (χ3v) is 4.86. The van der Waals surface area contributed by atoms with Gasteiger partial charge in [-0.25, -0.2) is 9.78 Å². The minimum absolute atomic E-state index is 0.0939. The molecule has 26 heavy (non-hydrogen) atoms. The number of benzene rings is 1. The van der Waals surface area contributed by atoms with Gasteiger partial charge in [0.05, 0.1) is 23.9 Å². The van der Waals surface area contributed by atoms with E-state index in [0.717, 1.165) is 24.5 Å². The standard InChI is InChI=1S/C20H21N3O3/c24-19(12-17-15-6-2-3-7-16(15)20(25)26-17)22-14-8-9-18(21-13-14)23-10-4-1-5-11-23/h2-3,6-9,13,17H,1,4-5,10-12H2,(H,22,24)/t17-/m0/s1. The Hall–Kier alpha value is -2.89. The summed E-state index contributed by atoms with van der Waals surface area (Å²) in [6.45, 7) is 2.07. The number of piperidine rings is 1. The van der Waals surface area contributed by atoms with Crippen molar-refractivity contribution in [3.05, 3.63) is 53.7 Å². The summed E-state index contributed by atoms with van der Waals surface area (Å²) in [6.07, 6.45) is 4.91. The fourth-order valence-electron chi connectivity index (χ4n) is 3.52. The molecule has 0 aliphatic carbocycles. The van der Waals surface area contributed by atoms with Crippen molar-refractivity contribution in [3.8, 4) is 0 Å². The Morgan fingerprint density at radius 1 is 1.15 bits per heavy atom. The maximum Gasteiger partial charge on any atom is 0.339 e. The molecule has 0 bridgehead atoms. The molecule has 2 aliphatic heterocycles. The summed E-state index contributed by atoms with van der Waals surface area (Å²) in [5, 5.41) is 2.83. The number of aromatic nitrogens is 1. The zero-order valence-electron chi connectivity index (χ0n) is 14.5. The molecule has 0 unspecified atom stereocenters. The first-order valence-electron chi connectivity index (χ1n) is 9.01. The fraction of sp³-hybridized carbons (Fsp3) is 0.350. The second-order valence-corrected chi connectivity index (χ2v) is 6.69. The van der Waals surface area contributed by atoms with Gasteiger partial charge in [0.15, 0.2) is 0 Å². The normalized spacial score (nSPS) is 19.0. The first kappa shape index (κ1) is 16.6. The summed E-state index contributed by atoms with van der Waals surface area (Å²) in [4.78, 5) is 30.9. The van der Waals surface area contributed by atoms with Crippen LogP contribution in [0.2, 0.25) is 0 Å². The van der Waals surface area contributed by atoms with Gasteiger partial charge in [-0.15, -0.1) is 0 Å². The monoisotopic (exact) mass is 351 g/mol. The molecule has 2 aliphatic rings. The quantitative estimate of drug-likeness (QED) is 0.856. The molecule has 0 spiro atoms. The van der Waals surface area contributed by atoms with Gasteiger partial charge in [0.1, 0.15) is 11.9 Å². The van der Waals surface area contributed by atoms with Crippen LogP contribution in [0.3, 0.4) is 0 Å². The largest absolute Gasteiger partial charge is 0.453 e. The van der Waals surface area contributed by atoms with Crippen LogP contribution in [-0.2, 0) is 9.53 Å². The second kappa shape index (κ2) is 7.15. The lowest BCUT2D eigenvalue weighted by atomic mass is 10.0. The zero-order valence-corrected chi connectivity index (χ0v) is 14.5. The van der Waals surface area contributed by atoms with E-state index in [1.165, 1.54) is 19.3 Å². The molecule has 6 heteroatoms. The van der Waals surface area contributed by atoms with Crippen molar-refractivity contribution in [2.75, 3.05) is 23.3 Å². The number of nitrogens with zero attached hydrogens (tertiary/aromatic N) is 2. The number of anilines is 2. The van der Waals surface area contributed by atoms with Crippen molar-refractivity contribution in [3.63, 3.8) is 0 Å². The molecule has 134 valence electrons. The van der Waals surface area contributed by atoms with Crippen LogP contribution < -0.4 is 10.2 Å². The molecule has 1 aromatic heterocycles. The predicted octanol–water partition coefficient (Wildman–Crippen LogP) is 3.31. The van der Waals surface area contributed by atoms with Crippen LogP contribution in [0, 0.1) is 0 Å². The third kappa shape index (κ3) is 3.40. The van der Waals surface area contributed by atoms with E-state index in [1.807, 2.05) is 24.3 Å². The molecule has 1 atom stereocenters. The van der Waals surface area contributed by atoms with Crippen molar-refractivity contribution in [2.24, 2.45) is 0 Å². The average Bonchev–Trinajstić information content (AvgIpc) is 2.99. The van der Waals surface area contributed by atoms with Crippen molar-refractivity contribution < 1.29 is 14.3 Å². The Morgan fingerprint density at radius 3 is 2.73 bits per heavy atom. The highest BCUT2D eigenvalue weighted by Crippen LogP contribution is 2.33. The Labute approximate surface area is 152 Å². The van der Waals surface area contributed by atoms with Gasteiger partial charge in [0.25, 0.3) is 0 Å². The van der Waals surface area contributed by atoms with E-state index in [1.54, 1.807) is 18.3 Å². The Bertz CT molecular complexity index is 813. The molecule has 1 aromatic carbocycles. The van der Waals surface area contributed by atoms with E-state index in [9.17, 15) is 9.59 Å². The molecule has 1 fully saturated rings. The fourth-order valence-corrected chi connectivity index (χ4v) is 3.52. The molecule has 0 saturated carbocycles. The van der Waals surface area contributed by atoms with Crippen LogP contribution in [0.5, 0.6) is 0 Å². The lowest BCUT2D eigenvalue weighted by molar-refractivity contribution is -0.118. The molecule has 2 aromatic rings. The maximum absolute atomic E-state index is 12.3. The van der Waals surface area contributed by atoms with Crippen LogP contribution in [-0.4, -0.2) is 29.9 Å². The number of carbonyl (C=O) groups is 2. The number of pyridine rings is 1. The van der Waals surface area contributed by atoms with Crippen molar-refractivity contribution in [1.82, 2.24) is 4.98 Å². The van der Waals surface area contributed by atoms with Crippen molar-refractivity contribution in [1.29, 1.82) is 0 Å². The molecule has 3 heterocycles. The molecule has 1 N–H and O–H groups in total. The highest BCUT2D eigenvalue weighted by Gasteiger charge is 2.32. The lowest BCUT2D eigenvalue weighted by Gasteiger charge is -2.27. The van der Waals surface area contributed by atoms with Crippen LogP contribution in [0.4, 0.5) is 11.5 Å². The van der Waals surface area contributed by atoms with Crippen LogP contribution >= 0.6 is 0 Å². The van der Waals surface area contributed by atoms with E-state index in [-0.39, 0.29) is 18.3 Å². The minimum atomic E-state index is -0.528. The number of carbonyl (C=O) groups excluding carboxylic acids is 2. The highest BCUT2D eigenvalue weighted by atomic mass is 16.5. The lowest BCUT2D eigenvalue weighted by Crippen LogP contribution is -2.30. The number of amides is 1. The molecule has 6 nitrogen and oxygen atoms in total. The smallest absolute Gasteiger partial charge is 0.339 e. The Morgan fingerprint density at radius 2 is 1.96 bits per heavy atom. The van der Waals surface area contributed by atoms with Gasteiger partial charge in [-0.3, -0.25) is 4.79 Å². The summed E-state index contributed by atoms with van der Waals surface area (Å²) in [7, 11) is 0. The summed E-state index contributed by atoms with van der Waals surface area (Å²) in [5.74, 6) is 0.374. The predicted molar refractivity (Wildman–Crippen MR) is 98.1 cm³/mol. The average molecular weight is 351 g/mol. The maximum atomic E-state index is 12.3. The number of cyclic esters (lactones) is 1. The first-order valence-corrected chi connectivity index (χ1v) is 9.01. The Kier molecular flexibility index (Phi) is 4.56. The number of esters is 1. The van der Waals surface area contributed by atoms with Gasteiger partial charge in [0, 0.05) is 18.7 Å². The van der Waals surface area contributed by atoms with Gasteiger partial charge >= 0.3 is 5.97 Å². The zero-order chi connectivity index (χ0) is 17.9. The highest BCUT2D eigenvalue weighted by molar-refractivity contribution is 5.96. The summed E-state index contributed by atoms with van der Waals surface area (Å²) in [6, 6.07) is 11.0. The van der Waals surface area contributed by atoms with Crippen LogP contribution in [0.1, 0.15) is 47.7 Å². The third-order valence-electron chi connectivity index (χ3n) is 4.86. The number of ether oxygens (including phenoxy) is 1.